The topological polar surface area (TPSA) is 42.9 Å². The number of aryl methyl sites for hydroxylation is 1. The minimum Gasteiger partial charge on any atom is -0.354 e. The Bertz CT molecular complexity index is 559. The normalized spacial score (nSPS) is 17.9. The molecule has 0 radical (unpaired) electrons. The van der Waals surface area contributed by atoms with Gasteiger partial charge in [-0.3, -0.25) is 4.99 Å². The van der Waals surface area contributed by atoms with Gasteiger partial charge in [-0.2, -0.15) is 0 Å². The molecular formula is C22H39N5. The highest BCUT2D eigenvalue weighted by atomic mass is 15.2. The van der Waals surface area contributed by atoms with E-state index in [0.29, 0.717) is 12.1 Å². The van der Waals surface area contributed by atoms with E-state index >= 15 is 0 Å². The van der Waals surface area contributed by atoms with Gasteiger partial charge in [0.15, 0.2) is 5.96 Å². The van der Waals surface area contributed by atoms with Gasteiger partial charge in [-0.1, -0.05) is 38.1 Å². The molecule has 1 saturated heterocycles. The Kier molecular flexibility index (Phi) is 9.08. The summed E-state index contributed by atoms with van der Waals surface area (Å²) in [6.45, 7) is 8.89. The first-order chi connectivity index (χ1) is 13.1. The van der Waals surface area contributed by atoms with Gasteiger partial charge in [-0.05, 0) is 57.5 Å². The van der Waals surface area contributed by atoms with Crippen molar-refractivity contribution in [3.05, 3.63) is 35.4 Å². The zero-order valence-electron chi connectivity index (χ0n) is 18.0. The van der Waals surface area contributed by atoms with Crippen LogP contribution in [-0.4, -0.2) is 69.1 Å². The summed E-state index contributed by atoms with van der Waals surface area (Å²) in [4.78, 5) is 9.29. The van der Waals surface area contributed by atoms with E-state index in [9.17, 15) is 0 Å². The molecule has 0 spiro atoms. The van der Waals surface area contributed by atoms with E-state index in [0.717, 1.165) is 18.9 Å². The predicted octanol–water partition coefficient (Wildman–Crippen LogP) is 2.89. The van der Waals surface area contributed by atoms with Crippen LogP contribution in [0.5, 0.6) is 0 Å². The summed E-state index contributed by atoms with van der Waals surface area (Å²) in [5.74, 6) is 0.918. The van der Waals surface area contributed by atoms with Gasteiger partial charge < -0.3 is 20.4 Å². The van der Waals surface area contributed by atoms with Crippen LogP contribution in [-0.2, 0) is 6.42 Å². The Morgan fingerprint density at radius 3 is 2.37 bits per heavy atom. The highest BCUT2D eigenvalue weighted by Gasteiger charge is 2.20. The third kappa shape index (κ3) is 6.82. The number of likely N-dealkylation sites (tertiary alicyclic amines) is 1. The monoisotopic (exact) mass is 373 g/mol. The molecule has 1 aliphatic heterocycles. The Hall–Kier alpha value is -1.59. The van der Waals surface area contributed by atoms with E-state index in [1.54, 1.807) is 0 Å². The number of nitrogens with one attached hydrogen (secondary N) is 2. The molecule has 1 aromatic carbocycles. The maximum Gasteiger partial charge on any atom is 0.191 e. The number of guanidine groups is 1. The smallest absolute Gasteiger partial charge is 0.191 e. The lowest BCUT2D eigenvalue weighted by Gasteiger charge is -2.33. The number of nitrogens with zero attached hydrogens (tertiary/aromatic N) is 3. The van der Waals surface area contributed by atoms with Gasteiger partial charge >= 0.3 is 0 Å². The van der Waals surface area contributed by atoms with Crippen LogP contribution in [0.15, 0.2) is 29.3 Å². The molecule has 0 bridgehead atoms. The summed E-state index contributed by atoms with van der Waals surface area (Å²) in [5.41, 5.74) is 2.73. The highest BCUT2D eigenvalue weighted by molar-refractivity contribution is 5.80. The number of likely N-dealkylation sites (N-methyl/N-ethyl adjacent to an activating group) is 1. The summed E-state index contributed by atoms with van der Waals surface area (Å²) < 4.78 is 0. The minimum atomic E-state index is 0.320. The molecule has 5 nitrogen and oxygen atoms in total. The van der Waals surface area contributed by atoms with Crippen LogP contribution in [0.4, 0.5) is 0 Å². The van der Waals surface area contributed by atoms with Gasteiger partial charge in [-0.25, -0.2) is 0 Å². The second-order valence-electron chi connectivity index (χ2n) is 7.79. The predicted molar refractivity (Wildman–Crippen MR) is 116 cm³/mol. The molecule has 0 aliphatic carbocycles. The summed E-state index contributed by atoms with van der Waals surface area (Å²) in [5, 5.41) is 7.17. The van der Waals surface area contributed by atoms with Gasteiger partial charge in [0.25, 0.3) is 0 Å². The van der Waals surface area contributed by atoms with Crippen LogP contribution in [0.1, 0.15) is 50.3 Å². The fraction of sp³-hybridized carbons (Fsp3) is 0.682. The maximum absolute atomic E-state index is 4.45. The third-order valence-electron chi connectivity index (χ3n) is 5.55. The first kappa shape index (κ1) is 21.7. The molecule has 152 valence electrons. The number of piperidine rings is 1. The van der Waals surface area contributed by atoms with Crippen LogP contribution in [0.25, 0.3) is 0 Å². The Morgan fingerprint density at radius 2 is 1.85 bits per heavy atom. The second-order valence-corrected chi connectivity index (χ2v) is 7.79. The van der Waals surface area contributed by atoms with E-state index in [4.69, 9.17) is 0 Å². The maximum atomic E-state index is 4.45. The lowest BCUT2D eigenvalue weighted by Crippen LogP contribution is -2.49. The largest absolute Gasteiger partial charge is 0.354 e. The molecule has 1 aromatic rings. The lowest BCUT2D eigenvalue weighted by molar-refractivity contribution is 0.206. The van der Waals surface area contributed by atoms with Crippen LogP contribution in [0, 0.1) is 0 Å². The fourth-order valence-electron chi connectivity index (χ4n) is 3.77. The van der Waals surface area contributed by atoms with Crippen molar-refractivity contribution in [2.24, 2.45) is 4.99 Å². The molecule has 0 amide bonds. The molecule has 27 heavy (non-hydrogen) atoms. The van der Waals surface area contributed by atoms with E-state index in [1.165, 1.54) is 50.0 Å². The van der Waals surface area contributed by atoms with Gasteiger partial charge in [-0.15, -0.1) is 0 Å². The summed E-state index contributed by atoms with van der Waals surface area (Å²) in [6, 6.07) is 9.83. The third-order valence-corrected chi connectivity index (χ3v) is 5.55. The first-order valence-corrected chi connectivity index (χ1v) is 10.5. The van der Waals surface area contributed by atoms with Crippen molar-refractivity contribution >= 4 is 5.96 Å². The van der Waals surface area contributed by atoms with E-state index in [1.807, 2.05) is 7.05 Å². The van der Waals surface area contributed by atoms with Gasteiger partial charge in [0, 0.05) is 32.7 Å². The summed E-state index contributed by atoms with van der Waals surface area (Å²) in [7, 11) is 6.14. The number of hydrogen-bond donors (Lipinski definition) is 2. The molecule has 0 saturated carbocycles. The zero-order chi connectivity index (χ0) is 19.6. The average molecular weight is 374 g/mol. The second kappa shape index (κ2) is 11.3. The van der Waals surface area contributed by atoms with Crippen LogP contribution in [0.3, 0.4) is 0 Å². The van der Waals surface area contributed by atoms with Crippen LogP contribution >= 0.6 is 0 Å². The lowest BCUT2D eigenvalue weighted by atomic mass is 10.0. The fourth-order valence-corrected chi connectivity index (χ4v) is 3.77. The molecular weight excluding hydrogens is 334 g/mol. The van der Waals surface area contributed by atoms with Gasteiger partial charge in [0.05, 0.1) is 6.04 Å². The molecule has 2 rings (SSSR count). The quantitative estimate of drug-likeness (QED) is 0.543. The Balaban J connectivity index is 1.87. The van der Waals surface area contributed by atoms with Crippen molar-refractivity contribution in [1.82, 2.24) is 20.4 Å². The molecule has 5 heteroatoms. The van der Waals surface area contributed by atoms with E-state index < -0.39 is 0 Å². The van der Waals surface area contributed by atoms with E-state index in [2.05, 4.69) is 77.6 Å². The van der Waals surface area contributed by atoms with Crippen molar-refractivity contribution < 1.29 is 0 Å². The van der Waals surface area contributed by atoms with Crippen LogP contribution < -0.4 is 10.6 Å². The van der Waals surface area contributed by atoms with Crippen molar-refractivity contribution in [2.45, 2.75) is 51.6 Å². The molecule has 0 aromatic heterocycles. The van der Waals surface area contributed by atoms with E-state index in [-0.39, 0.29) is 0 Å². The average Bonchev–Trinajstić information content (AvgIpc) is 2.69. The standard InChI is InChI=1S/C22H39N5/c1-6-14-27-15-12-20(13-16-27)25-22(23-3)24-17-21(26(4)5)19-10-8-18(7-2)9-11-19/h8-11,20-21H,6-7,12-17H2,1-5H3,(H2,23,24,25). The number of aliphatic imine (C=N–C) groups is 1. The first-order valence-electron chi connectivity index (χ1n) is 10.5. The number of rotatable bonds is 8. The molecule has 1 atom stereocenters. The van der Waals surface area contributed by atoms with Crippen molar-refractivity contribution in [2.75, 3.05) is 47.3 Å². The van der Waals surface area contributed by atoms with Crippen molar-refractivity contribution in [3.8, 4) is 0 Å². The zero-order valence-corrected chi connectivity index (χ0v) is 18.0. The van der Waals surface area contributed by atoms with Crippen molar-refractivity contribution in [1.29, 1.82) is 0 Å². The Labute approximate surface area is 166 Å². The minimum absolute atomic E-state index is 0.320. The van der Waals surface area contributed by atoms with Crippen molar-refractivity contribution in [3.63, 3.8) is 0 Å². The molecule has 1 unspecified atom stereocenters. The molecule has 1 fully saturated rings. The molecule has 1 heterocycles. The highest BCUT2D eigenvalue weighted by Crippen LogP contribution is 2.18. The molecule has 1 aliphatic rings. The van der Waals surface area contributed by atoms with Crippen LogP contribution in [0.2, 0.25) is 0 Å². The summed E-state index contributed by atoms with van der Waals surface area (Å²) >= 11 is 0. The van der Waals surface area contributed by atoms with Gasteiger partial charge in [0.1, 0.15) is 0 Å². The molecule has 2 N–H and O–H groups in total. The number of benzene rings is 1. The Morgan fingerprint density at radius 1 is 1.19 bits per heavy atom. The SMILES string of the molecule is CCCN1CCC(NC(=NC)NCC(c2ccc(CC)cc2)N(C)C)CC1. The summed E-state index contributed by atoms with van der Waals surface area (Å²) in [6.07, 6.45) is 4.71. The number of hydrogen-bond acceptors (Lipinski definition) is 3. The van der Waals surface area contributed by atoms with Gasteiger partial charge in [0.2, 0.25) is 0 Å².